The van der Waals surface area contributed by atoms with Crippen LogP contribution < -0.4 is 0 Å². The molecule has 7 nitrogen and oxygen atoms in total. The number of amides is 2. The molecule has 8 heteroatoms. The lowest BCUT2D eigenvalue weighted by Crippen LogP contribution is -2.42. The highest BCUT2D eigenvalue weighted by Gasteiger charge is 2.33. The van der Waals surface area contributed by atoms with E-state index in [1.165, 1.54) is 12.1 Å². The molecule has 2 amide bonds. The van der Waals surface area contributed by atoms with Crippen molar-refractivity contribution in [3.05, 3.63) is 77.9 Å². The van der Waals surface area contributed by atoms with Gasteiger partial charge in [0.1, 0.15) is 18.2 Å². The summed E-state index contributed by atoms with van der Waals surface area (Å²) in [6.45, 7) is 4.76. The molecular formula is C25H27FN4O3. The Balaban J connectivity index is 1.57. The highest BCUT2D eigenvalue weighted by molar-refractivity contribution is 6.01. The second-order valence-electron chi connectivity index (χ2n) is 8.37. The fourth-order valence-electron chi connectivity index (χ4n) is 3.96. The van der Waals surface area contributed by atoms with Gasteiger partial charge in [0.25, 0.3) is 5.91 Å². The molecule has 0 saturated carbocycles. The van der Waals surface area contributed by atoms with Crippen LogP contribution in [0.1, 0.15) is 29.8 Å². The van der Waals surface area contributed by atoms with Crippen molar-refractivity contribution < 1.29 is 18.7 Å². The molecule has 2 heterocycles. The van der Waals surface area contributed by atoms with Gasteiger partial charge in [-0.2, -0.15) is 0 Å². The van der Waals surface area contributed by atoms with Gasteiger partial charge < -0.3 is 19.5 Å². The summed E-state index contributed by atoms with van der Waals surface area (Å²) in [5.41, 5.74) is 1.97. The largest absolute Gasteiger partial charge is 0.370 e. The van der Waals surface area contributed by atoms with Crippen LogP contribution in [0.5, 0.6) is 0 Å². The summed E-state index contributed by atoms with van der Waals surface area (Å²) < 4.78 is 19.3. The maximum atomic E-state index is 13.6. The fraction of sp³-hybridized carbons (Fsp3) is 0.320. The van der Waals surface area contributed by atoms with Crippen molar-refractivity contribution in [3.63, 3.8) is 0 Å². The number of halogens is 1. The average molecular weight is 451 g/mol. The Hall–Kier alpha value is -3.52. The summed E-state index contributed by atoms with van der Waals surface area (Å²) in [4.78, 5) is 37.1. The van der Waals surface area contributed by atoms with Gasteiger partial charge in [-0.15, -0.1) is 0 Å². The van der Waals surface area contributed by atoms with Gasteiger partial charge in [0.2, 0.25) is 5.91 Å². The molecule has 1 fully saturated rings. The van der Waals surface area contributed by atoms with Crippen molar-refractivity contribution in [3.8, 4) is 11.4 Å². The zero-order chi connectivity index (χ0) is 23.4. The SMILES string of the molecule is CC(C)N1CC(OCc2ccc(F)cc2)CN(C(=O)c2ccccc2-c2ncc[nH]2)CC1=O. The first-order chi connectivity index (χ1) is 15.9. The van der Waals surface area contributed by atoms with Crippen LogP contribution in [0.15, 0.2) is 60.9 Å². The summed E-state index contributed by atoms with van der Waals surface area (Å²) in [6, 6.07) is 13.3. The smallest absolute Gasteiger partial charge is 0.255 e. The second kappa shape index (κ2) is 9.95. The lowest BCUT2D eigenvalue weighted by molar-refractivity contribution is -0.133. The van der Waals surface area contributed by atoms with E-state index < -0.39 is 0 Å². The number of aromatic nitrogens is 2. The van der Waals surface area contributed by atoms with Crippen LogP contribution in [0.25, 0.3) is 11.4 Å². The van der Waals surface area contributed by atoms with Gasteiger partial charge in [-0.1, -0.05) is 30.3 Å². The van der Waals surface area contributed by atoms with E-state index in [0.29, 0.717) is 23.5 Å². The molecule has 0 bridgehead atoms. The van der Waals surface area contributed by atoms with Crippen LogP contribution in [0.3, 0.4) is 0 Å². The zero-order valence-corrected chi connectivity index (χ0v) is 18.7. The number of hydrogen-bond acceptors (Lipinski definition) is 4. The topological polar surface area (TPSA) is 78.5 Å². The molecule has 1 N–H and O–H groups in total. The van der Waals surface area contributed by atoms with E-state index in [2.05, 4.69) is 9.97 Å². The van der Waals surface area contributed by atoms with Crippen LogP contribution in [0.2, 0.25) is 0 Å². The van der Waals surface area contributed by atoms with Crippen molar-refractivity contribution in [2.45, 2.75) is 32.6 Å². The molecule has 1 unspecified atom stereocenters. The van der Waals surface area contributed by atoms with E-state index in [-0.39, 0.29) is 49.5 Å². The standard InChI is InChI=1S/C25H27FN4O3/c1-17(2)30-14-20(33-16-18-7-9-19(26)10-8-18)13-29(15-23(30)31)25(32)22-6-4-3-5-21(22)24-27-11-12-28-24/h3-12,17,20H,13-16H2,1-2H3,(H,27,28). The van der Waals surface area contributed by atoms with Crippen LogP contribution in [0, 0.1) is 5.82 Å². The Kier molecular flexibility index (Phi) is 6.84. The van der Waals surface area contributed by atoms with E-state index in [1.807, 2.05) is 26.0 Å². The molecule has 1 aromatic heterocycles. The first kappa shape index (κ1) is 22.7. The third-order valence-electron chi connectivity index (χ3n) is 5.69. The Labute approximate surface area is 192 Å². The van der Waals surface area contributed by atoms with Gasteiger partial charge in [-0.05, 0) is 37.6 Å². The fourth-order valence-corrected chi connectivity index (χ4v) is 3.96. The van der Waals surface area contributed by atoms with Gasteiger partial charge in [-0.3, -0.25) is 9.59 Å². The van der Waals surface area contributed by atoms with Crippen LogP contribution in [-0.4, -0.2) is 63.4 Å². The summed E-state index contributed by atoms with van der Waals surface area (Å²) in [6.07, 6.45) is 2.95. The van der Waals surface area contributed by atoms with Gasteiger partial charge in [-0.25, -0.2) is 9.37 Å². The molecule has 1 aliphatic heterocycles. The van der Waals surface area contributed by atoms with Crippen molar-refractivity contribution in [2.75, 3.05) is 19.6 Å². The Morgan fingerprint density at radius 2 is 1.94 bits per heavy atom. The van der Waals surface area contributed by atoms with Gasteiger partial charge in [0.15, 0.2) is 0 Å². The molecule has 1 atom stereocenters. The van der Waals surface area contributed by atoms with Crippen molar-refractivity contribution >= 4 is 11.8 Å². The van der Waals surface area contributed by atoms with Gasteiger partial charge >= 0.3 is 0 Å². The maximum Gasteiger partial charge on any atom is 0.255 e. The summed E-state index contributed by atoms with van der Waals surface area (Å²) in [5.74, 6) is -0.0946. The number of nitrogens with zero attached hydrogens (tertiary/aromatic N) is 3. The van der Waals surface area contributed by atoms with Crippen molar-refractivity contribution in [1.29, 1.82) is 0 Å². The number of hydrogen-bond donors (Lipinski definition) is 1. The minimum atomic E-state index is -0.386. The van der Waals surface area contributed by atoms with Crippen LogP contribution >= 0.6 is 0 Å². The van der Waals surface area contributed by atoms with Crippen LogP contribution in [0.4, 0.5) is 4.39 Å². The Bertz CT molecular complexity index is 1100. The number of carbonyl (C=O) groups is 2. The molecule has 0 spiro atoms. The van der Waals surface area contributed by atoms with E-state index in [1.54, 1.807) is 46.5 Å². The number of ether oxygens (including phenoxy) is 1. The van der Waals surface area contributed by atoms with Crippen LogP contribution in [-0.2, 0) is 16.1 Å². The number of benzene rings is 2. The lowest BCUT2D eigenvalue weighted by atomic mass is 10.1. The van der Waals surface area contributed by atoms with Gasteiger partial charge in [0.05, 0.1) is 18.3 Å². The minimum absolute atomic E-state index is 0.0279. The molecule has 1 aliphatic rings. The highest BCUT2D eigenvalue weighted by atomic mass is 19.1. The first-order valence-electron chi connectivity index (χ1n) is 11.0. The number of imidazole rings is 1. The number of carbonyl (C=O) groups excluding carboxylic acids is 2. The van der Waals surface area contributed by atoms with Gasteiger partial charge in [0, 0.05) is 37.1 Å². The zero-order valence-electron chi connectivity index (χ0n) is 18.7. The molecule has 3 aromatic rings. The molecule has 0 radical (unpaired) electrons. The minimum Gasteiger partial charge on any atom is -0.370 e. The van der Waals surface area contributed by atoms with E-state index in [9.17, 15) is 14.0 Å². The normalized spacial score (nSPS) is 16.8. The Morgan fingerprint density at radius 3 is 2.64 bits per heavy atom. The number of aromatic amines is 1. The molecular weight excluding hydrogens is 423 g/mol. The predicted octanol–water partition coefficient (Wildman–Crippen LogP) is 3.49. The molecule has 2 aromatic carbocycles. The molecule has 172 valence electrons. The monoisotopic (exact) mass is 450 g/mol. The first-order valence-corrected chi connectivity index (χ1v) is 11.0. The summed E-state index contributed by atoms with van der Waals surface area (Å²) in [5, 5.41) is 0. The molecule has 4 rings (SSSR count). The van der Waals surface area contributed by atoms with E-state index >= 15 is 0 Å². The van der Waals surface area contributed by atoms with Crippen molar-refractivity contribution in [2.24, 2.45) is 0 Å². The summed E-state index contributed by atoms with van der Waals surface area (Å²) >= 11 is 0. The maximum absolute atomic E-state index is 13.6. The highest BCUT2D eigenvalue weighted by Crippen LogP contribution is 2.23. The van der Waals surface area contributed by atoms with Crippen molar-refractivity contribution in [1.82, 2.24) is 19.8 Å². The summed E-state index contributed by atoms with van der Waals surface area (Å²) in [7, 11) is 0. The average Bonchev–Trinajstić information content (AvgIpc) is 3.29. The predicted molar refractivity (Wildman–Crippen MR) is 122 cm³/mol. The number of H-pyrrole nitrogens is 1. The third-order valence-corrected chi connectivity index (χ3v) is 5.69. The quantitative estimate of drug-likeness (QED) is 0.624. The number of nitrogens with one attached hydrogen (secondary N) is 1. The molecule has 1 saturated heterocycles. The Morgan fingerprint density at radius 1 is 1.18 bits per heavy atom. The number of rotatable bonds is 6. The lowest BCUT2D eigenvalue weighted by Gasteiger charge is -2.27. The van der Waals surface area contributed by atoms with E-state index in [0.717, 1.165) is 5.56 Å². The molecule has 0 aliphatic carbocycles. The van der Waals surface area contributed by atoms with E-state index in [4.69, 9.17) is 4.74 Å². The third kappa shape index (κ3) is 5.28. The molecule has 33 heavy (non-hydrogen) atoms. The second-order valence-corrected chi connectivity index (χ2v) is 8.37.